The van der Waals surface area contributed by atoms with Crippen molar-refractivity contribution in [3.05, 3.63) is 65.6 Å². The lowest BCUT2D eigenvalue weighted by Gasteiger charge is -2.06. The van der Waals surface area contributed by atoms with Crippen LogP contribution in [0, 0.1) is 5.41 Å². The van der Waals surface area contributed by atoms with Gasteiger partial charge in [-0.3, -0.25) is 15.0 Å². The summed E-state index contributed by atoms with van der Waals surface area (Å²) in [4.78, 5) is 34.7. The second kappa shape index (κ2) is 12.4. The topological polar surface area (TPSA) is 156 Å². The summed E-state index contributed by atoms with van der Waals surface area (Å²) in [5, 5.41) is 20.5. The number of halogens is 1. The maximum Gasteiger partial charge on any atom is 0.379 e. The van der Waals surface area contributed by atoms with E-state index in [9.17, 15) is 14.4 Å². The molecule has 0 spiro atoms. The minimum absolute atomic E-state index is 0. The number of carboxylic acid groups (broad SMARTS) is 1. The van der Waals surface area contributed by atoms with Crippen LogP contribution in [0.25, 0.3) is 10.8 Å². The van der Waals surface area contributed by atoms with E-state index >= 15 is 0 Å². The maximum atomic E-state index is 12.4. The van der Waals surface area contributed by atoms with Gasteiger partial charge in [-0.2, -0.15) is 0 Å². The van der Waals surface area contributed by atoms with E-state index < -0.39 is 11.9 Å². The molecule has 34 heavy (non-hydrogen) atoms. The van der Waals surface area contributed by atoms with E-state index in [1.165, 1.54) is 6.07 Å². The number of fused-ring (bicyclic) bond motifs is 1. The van der Waals surface area contributed by atoms with Crippen molar-refractivity contribution < 1.29 is 28.6 Å². The fourth-order valence-corrected chi connectivity index (χ4v) is 3.21. The number of carbonyl (C=O) groups excluding carboxylic acids is 2. The monoisotopic (exact) mass is 487 g/mol. The Morgan fingerprint density at radius 3 is 2.41 bits per heavy atom. The molecule has 9 nitrogen and oxygen atoms in total. The van der Waals surface area contributed by atoms with Gasteiger partial charge in [0.25, 0.3) is 0 Å². The Kier molecular flexibility index (Phi) is 9.63. The molecule has 3 aromatic rings. The largest absolute Gasteiger partial charge is 0.481 e. The van der Waals surface area contributed by atoms with Gasteiger partial charge < -0.3 is 25.3 Å². The van der Waals surface area contributed by atoms with Gasteiger partial charge in [0, 0.05) is 18.4 Å². The van der Waals surface area contributed by atoms with Crippen molar-refractivity contribution in [2.45, 2.75) is 38.6 Å². The minimum atomic E-state index is -0.838. The van der Waals surface area contributed by atoms with Crippen LogP contribution in [0.5, 0.6) is 5.75 Å². The summed E-state index contributed by atoms with van der Waals surface area (Å²) >= 11 is 0. The molecule has 10 heteroatoms. The molecule has 0 unspecified atom stereocenters. The van der Waals surface area contributed by atoms with Gasteiger partial charge in [-0.25, -0.2) is 4.79 Å². The Morgan fingerprint density at radius 1 is 0.971 bits per heavy atom. The van der Waals surface area contributed by atoms with Crippen LogP contribution in [0.15, 0.2) is 52.9 Å². The standard InChI is InChI=1S/C24H25N3O6.ClH/c25-23(26)17-7-6-16-13-18(9-8-15(16)12-17)33-24(31)20-11-10-19(32-20)14-27-21(28)4-2-1-3-5-22(29)30;/h6-13H,1-5,14H2,(H3,25,26)(H,27,28)(H,29,30);1H. The van der Waals surface area contributed by atoms with Gasteiger partial charge in [0.15, 0.2) is 0 Å². The van der Waals surface area contributed by atoms with Crippen LogP contribution in [-0.2, 0) is 16.1 Å². The zero-order valence-electron chi connectivity index (χ0n) is 18.3. The molecule has 1 heterocycles. The van der Waals surface area contributed by atoms with Gasteiger partial charge in [0.2, 0.25) is 11.7 Å². The fraction of sp³-hybridized carbons (Fsp3) is 0.250. The van der Waals surface area contributed by atoms with Gasteiger partial charge in [-0.05, 0) is 53.9 Å². The summed E-state index contributed by atoms with van der Waals surface area (Å²) in [7, 11) is 0. The van der Waals surface area contributed by atoms with Gasteiger partial charge in [0.05, 0.1) is 6.54 Å². The average molecular weight is 488 g/mol. The number of carbonyl (C=O) groups is 3. The highest BCUT2D eigenvalue weighted by Crippen LogP contribution is 2.23. The highest BCUT2D eigenvalue weighted by atomic mass is 35.5. The molecule has 0 atom stereocenters. The lowest BCUT2D eigenvalue weighted by molar-refractivity contribution is -0.137. The number of ether oxygens (including phenoxy) is 1. The normalized spacial score (nSPS) is 10.4. The first kappa shape index (κ1) is 26.4. The molecule has 0 aliphatic heterocycles. The zero-order valence-corrected chi connectivity index (χ0v) is 19.2. The smallest absolute Gasteiger partial charge is 0.379 e. The number of nitrogens with one attached hydrogen (secondary N) is 2. The Balaban J connectivity index is 0.00000408. The number of furan rings is 1. The van der Waals surface area contributed by atoms with Crippen LogP contribution >= 0.6 is 12.4 Å². The van der Waals surface area contributed by atoms with Gasteiger partial charge in [0.1, 0.15) is 17.3 Å². The number of unbranched alkanes of at least 4 members (excludes halogenated alkanes) is 2. The molecule has 1 amide bonds. The Labute approximate surface area is 202 Å². The van der Waals surface area contributed by atoms with E-state index in [4.69, 9.17) is 25.4 Å². The van der Waals surface area contributed by atoms with E-state index in [0.29, 0.717) is 42.8 Å². The van der Waals surface area contributed by atoms with Crippen molar-refractivity contribution in [2.24, 2.45) is 5.73 Å². The average Bonchev–Trinajstić information content (AvgIpc) is 3.26. The third-order valence-corrected chi connectivity index (χ3v) is 4.95. The molecule has 0 saturated carbocycles. The van der Waals surface area contributed by atoms with Gasteiger partial charge in [-0.1, -0.05) is 24.6 Å². The van der Waals surface area contributed by atoms with Crippen LogP contribution in [0.3, 0.4) is 0 Å². The molecule has 180 valence electrons. The first-order valence-electron chi connectivity index (χ1n) is 10.5. The van der Waals surface area contributed by atoms with Crippen LogP contribution in [-0.4, -0.2) is 28.8 Å². The molecule has 0 aliphatic carbocycles. The lowest BCUT2D eigenvalue weighted by atomic mass is 10.1. The summed E-state index contributed by atoms with van der Waals surface area (Å²) in [6.45, 7) is 0.135. The molecular weight excluding hydrogens is 462 g/mol. The quantitative estimate of drug-likeness (QED) is 0.105. The number of benzene rings is 2. The number of amides is 1. The molecular formula is C24H26ClN3O6. The number of amidine groups is 1. The van der Waals surface area contributed by atoms with Crippen molar-refractivity contribution in [2.75, 3.05) is 0 Å². The highest BCUT2D eigenvalue weighted by molar-refractivity contribution is 5.99. The van der Waals surface area contributed by atoms with Crippen molar-refractivity contribution >= 4 is 46.9 Å². The first-order chi connectivity index (χ1) is 15.8. The summed E-state index contributed by atoms with van der Waals surface area (Å²) in [5.74, 6) is -0.919. The Bertz CT molecular complexity index is 1190. The predicted molar refractivity (Wildman–Crippen MR) is 128 cm³/mol. The summed E-state index contributed by atoms with van der Waals surface area (Å²) in [6, 6.07) is 13.5. The van der Waals surface area contributed by atoms with Crippen LogP contribution in [0.1, 0.15) is 54.0 Å². The van der Waals surface area contributed by atoms with Crippen LogP contribution < -0.4 is 15.8 Å². The summed E-state index contributed by atoms with van der Waals surface area (Å²) in [6.07, 6.45) is 2.22. The third kappa shape index (κ3) is 7.63. The number of nitrogens with two attached hydrogens (primary N) is 1. The van der Waals surface area contributed by atoms with Gasteiger partial charge in [-0.15, -0.1) is 12.4 Å². The third-order valence-electron chi connectivity index (χ3n) is 4.95. The number of aliphatic carboxylic acids is 1. The molecule has 0 saturated heterocycles. The summed E-state index contributed by atoms with van der Waals surface area (Å²) < 4.78 is 10.9. The maximum absolute atomic E-state index is 12.4. The van der Waals surface area contributed by atoms with Crippen molar-refractivity contribution in [1.82, 2.24) is 5.32 Å². The first-order valence-corrected chi connectivity index (χ1v) is 10.5. The fourth-order valence-electron chi connectivity index (χ4n) is 3.21. The van der Waals surface area contributed by atoms with Crippen LogP contribution in [0.2, 0.25) is 0 Å². The lowest BCUT2D eigenvalue weighted by Crippen LogP contribution is -2.22. The second-order valence-electron chi connectivity index (χ2n) is 7.52. The number of rotatable bonds is 11. The van der Waals surface area contributed by atoms with E-state index in [1.54, 1.807) is 42.5 Å². The van der Waals surface area contributed by atoms with E-state index in [-0.39, 0.29) is 42.9 Å². The second-order valence-corrected chi connectivity index (χ2v) is 7.52. The molecule has 0 bridgehead atoms. The SMILES string of the molecule is Cl.N=C(N)c1ccc2cc(OC(=O)c3ccc(CNC(=O)CCCCCC(=O)O)o3)ccc2c1. The molecule has 3 rings (SSSR count). The molecule has 0 fully saturated rings. The van der Waals surface area contributed by atoms with Crippen molar-refractivity contribution in [3.63, 3.8) is 0 Å². The number of nitrogen functional groups attached to an aromatic ring is 1. The Hall–Kier alpha value is -3.85. The molecule has 0 radical (unpaired) electrons. The number of hydrogen-bond acceptors (Lipinski definition) is 6. The number of esters is 1. The van der Waals surface area contributed by atoms with Crippen LogP contribution in [0.4, 0.5) is 0 Å². The molecule has 0 aliphatic rings. The molecule has 5 N–H and O–H groups in total. The summed E-state index contributed by atoms with van der Waals surface area (Å²) in [5.41, 5.74) is 6.12. The number of hydrogen-bond donors (Lipinski definition) is 4. The van der Waals surface area contributed by atoms with Gasteiger partial charge >= 0.3 is 11.9 Å². The van der Waals surface area contributed by atoms with E-state index in [1.807, 2.05) is 0 Å². The Morgan fingerprint density at radius 2 is 1.68 bits per heavy atom. The predicted octanol–water partition coefficient (Wildman–Crippen LogP) is 4.01. The number of carboxylic acids is 1. The highest BCUT2D eigenvalue weighted by Gasteiger charge is 2.15. The van der Waals surface area contributed by atoms with Crippen molar-refractivity contribution in [3.8, 4) is 5.75 Å². The minimum Gasteiger partial charge on any atom is -0.481 e. The van der Waals surface area contributed by atoms with E-state index in [0.717, 1.165) is 10.8 Å². The zero-order chi connectivity index (χ0) is 23.8. The van der Waals surface area contributed by atoms with Crippen molar-refractivity contribution in [1.29, 1.82) is 5.41 Å². The molecule has 1 aromatic heterocycles. The van der Waals surface area contributed by atoms with E-state index in [2.05, 4.69) is 5.32 Å². The molecule has 2 aromatic carbocycles.